The number of nitro groups is 1. The fourth-order valence-electron chi connectivity index (χ4n) is 1.21. The fraction of sp³-hybridized carbons (Fsp3) is 0.111. The Hall–Kier alpha value is -2.93. The number of nitrogens with zero attached hydrogens (tertiary/aromatic N) is 4. The molecule has 0 aromatic heterocycles. The van der Waals surface area contributed by atoms with E-state index in [1.807, 2.05) is 0 Å². The van der Waals surface area contributed by atoms with Crippen molar-refractivity contribution in [1.29, 1.82) is 0 Å². The fourth-order valence-corrected chi connectivity index (χ4v) is 1.21. The molecule has 0 aliphatic heterocycles. The average Bonchev–Trinajstić information content (AvgIpc) is 2.37. The Morgan fingerprint density at radius 3 is 2.61 bits per heavy atom. The molecule has 18 heavy (non-hydrogen) atoms. The van der Waals surface area contributed by atoms with Crippen molar-refractivity contribution in [3.63, 3.8) is 0 Å². The van der Waals surface area contributed by atoms with Crippen LogP contribution in [0, 0.1) is 10.1 Å². The zero-order chi connectivity index (χ0) is 13.7. The van der Waals surface area contributed by atoms with Crippen molar-refractivity contribution in [2.24, 2.45) is 5.11 Å². The first-order chi connectivity index (χ1) is 8.51. The Morgan fingerprint density at radius 1 is 1.44 bits per heavy atom. The number of methoxy groups -OCH3 is 1. The van der Waals surface area contributed by atoms with Gasteiger partial charge in [-0.15, -0.1) is 0 Å². The molecule has 0 saturated heterocycles. The van der Waals surface area contributed by atoms with Crippen molar-refractivity contribution >= 4 is 17.6 Å². The van der Waals surface area contributed by atoms with E-state index in [0.717, 1.165) is 25.3 Å². The van der Waals surface area contributed by atoms with Crippen molar-refractivity contribution in [3.8, 4) is 0 Å². The first kappa shape index (κ1) is 13.1. The van der Waals surface area contributed by atoms with Crippen LogP contribution in [0.1, 0.15) is 20.7 Å². The molecule has 0 unspecified atom stereocenters. The van der Waals surface area contributed by atoms with Gasteiger partial charge in [0.2, 0.25) is 5.91 Å². The minimum absolute atomic E-state index is 0.208. The first-order valence-corrected chi connectivity index (χ1v) is 4.47. The molecular weight excluding hydrogens is 244 g/mol. The highest BCUT2D eigenvalue weighted by molar-refractivity contribution is 6.06. The van der Waals surface area contributed by atoms with Crippen LogP contribution in [0.2, 0.25) is 0 Å². The first-order valence-electron chi connectivity index (χ1n) is 4.47. The third-order valence-electron chi connectivity index (χ3n) is 1.99. The van der Waals surface area contributed by atoms with Crippen LogP contribution in [-0.2, 0) is 4.74 Å². The highest BCUT2D eigenvalue weighted by Gasteiger charge is 2.20. The topological polar surface area (TPSA) is 135 Å². The van der Waals surface area contributed by atoms with Crippen molar-refractivity contribution in [1.82, 2.24) is 0 Å². The predicted octanol–water partition coefficient (Wildman–Crippen LogP) is 1.83. The van der Waals surface area contributed by atoms with Gasteiger partial charge < -0.3 is 4.74 Å². The summed E-state index contributed by atoms with van der Waals surface area (Å²) >= 11 is 0. The summed E-state index contributed by atoms with van der Waals surface area (Å²) in [5.74, 6) is -1.96. The van der Waals surface area contributed by atoms with Crippen LogP contribution in [0.3, 0.4) is 0 Å². The summed E-state index contributed by atoms with van der Waals surface area (Å²) < 4.78 is 4.41. The molecule has 1 aromatic rings. The van der Waals surface area contributed by atoms with E-state index in [0.29, 0.717) is 0 Å². The molecular formula is C9H6N4O5. The number of carbonyl (C=O) groups excluding carboxylic acids is 2. The number of esters is 1. The van der Waals surface area contributed by atoms with Gasteiger partial charge in [-0.2, -0.15) is 0 Å². The number of rotatable bonds is 3. The number of ether oxygens (including phenoxy) is 1. The van der Waals surface area contributed by atoms with Crippen molar-refractivity contribution < 1.29 is 19.2 Å². The Kier molecular flexibility index (Phi) is 3.95. The minimum Gasteiger partial charge on any atom is -0.465 e. The Balaban J connectivity index is 3.44. The smallest absolute Gasteiger partial charge is 0.338 e. The van der Waals surface area contributed by atoms with Crippen molar-refractivity contribution in [2.75, 3.05) is 7.11 Å². The van der Waals surface area contributed by atoms with Crippen LogP contribution in [0.25, 0.3) is 10.4 Å². The molecule has 0 heterocycles. The summed E-state index contributed by atoms with van der Waals surface area (Å²) in [6.45, 7) is 0. The summed E-state index contributed by atoms with van der Waals surface area (Å²) in [5.41, 5.74) is 7.16. The van der Waals surface area contributed by atoms with E-state index >= 15 is 0 Å². The van der Waals surface area contributed by atoms with E-state index in [4.69, 9.17) is 5.53 Å². The molecule has 1 rings (SSSR count). The van der Waals surface area contributed by atoms with Gasteiger partial charge >= 0.3 is 5.97 Å². The van der Waals surface area contributed by atoms with Gasteiger partial charge in [0.1, 0.15) is 0 Å². The second-order valence-corrected chi connectivity index (χ2v) is 2.97. The average molecular weight is 250 g/mol. The van der Waals surface area contributed by atoms with Crippen LogP contribution in [-0.4, -0.2) is 23.9 Å². The Morgan fingerprint density at radius 2 is 2.11 bits per heavy atom. The maximum absolute atomic E-state index is 11.4. The second kappa shape index (κ2) is 5.41. The van der Waals surface area contributed by atoms with Crippen LogP contribution < -0.4 is 0 Å². The number of benzene rings is 1. The quantitative estimate of drug-likeness (QED) is 0.201. The normalized spacial score (nSPS) is 9.17. The lowest BCUT2D eigenvalue weighted by atomic mass is 10.1. The molecule has 92 valence electrons. The highest BCUT2D eigenvalue weighted by atomic mass is 16.6. The molecule has 0 aliphatic rings. The van der Waals surface area contributed by atoms with Gasteiger partial charge in [-0.05, 0) is 16.7 Å². The Labute approximate surface area is 99.7 Å². The van der Waals surface area contributed by atoms with Gasteiger partial charge in [-0.25, -0.2) is 4.79 Å². The second-order valence-electron chi connectivity index (χ2n) is 2.97. The zero-order valence-electron chi connectivity index (χ0n) is 9.06. The van der Waals surface area contributed by atoms with E-state index in [2.05, 4.69) is 14.8 Å². The maximum Gasteiger partial charge on any atom is 0.338 e. The monoisotopic (exact) mass is 250 g/mol. The number of carbonyl (C=O) groups is 2. The predicted molar refractivity (Wildman–Crippen MR) is 57.9 cm³/mol. The van der Waals surface area contributed by atoms with Crippen LogP contribution in [0.15, 0.2) is 23.3 Å². The number of hydrogen-bond acceptors (Lipinski definition) is 5. The third-order valence-corrected chi connectivity index (χ3v) is 1.99. The summed E-state index contributed by atoms with van der Waals surface area (Å²) in [6, 6.07) is 2.95. The lowest BCUT2D eigenvalue weighted by Gasteiger charge is -2.04. The van der Waals surface area contributed by atoms with Crippen molar-refractivity contribution in [2.45, 2.75) is 0 Å². The van der Waals surface area contributed by atoms with Crippen LogP contribution in [0.4, 0.5) is 5.69 Å². The maximum atomic E-state index is 11.4. The lowest BCUT2D eigenvalue weighted by Crippen LogP contribution is -2.09. The molecule has 0 spiro atoms. The SMILES string of the molecule is COC(=O)c1ccc([N+](=O)[O-])cc1C(=O)N=[N+]=[N-]. The molecule has 9 nitrogen and oxygen atoms in total. The largest absolute Gasteiger partial charge is 0.465 e. The van der Waals surface area contributed by atoms with Gasteiger partial charge in [0.05, 0.1) is 17.6 Å². The highest BCUT2D eigenvalue weighted by Crippen LogP contribution is 2.19. The number of hydrogen-bond donors (Lipinski definition) is 0. The van der Waals surface area contributed by atoms with Gasteiger partial charge in [0.15, 0.2) is 0 Å². The van der Waals surface area contributed by atoms with E-state index in [9.17, 15) is 19.7 Å². The third kappa shape index (κ3) is 2.60. The van der Waals surface area contributed by atoms with Gasteiger partial charge in [0, 0.05) is 22.6 Å². The molecule has 0 N–H and O–H groups in total. The van der Waals surface area contributed by atoms with Crippen LogP contribution in [0.5, 0.6) is 0 Å². The van der Waals surface area contributed by atoms with E-state index < -0.39 is 22.5 Å². The van der Waals surface area contributed by atoms with Crippen LogP contribution >= 0.6 is 0 Å². The molecule has 1 amide bonds. The zero-order valence-corrected chi connectivity index (χ0v) is 9.06. The van der Waals surface area contributed by atoms with E-state index in [1.54, 1.807) is 0 Å². The van der Waals surface area contributed by atoms with Gasteiger partial charge in [0.25, 0.3) is 5.69 Å². The summed E-state index contributed by atoms with van der Waals surface area (Å²) in [7, 11) is 1.09. The minimum atomic E-state index is -1.10. The van der Waals surface area contributed by atoms with E-state index in [1.165, 1.54) is 0 Å². The standard InChI is InChI=1S/C9H6N4O5/c1-18-9(15)6-3-2-5(13(16)17)4-7(6)8(14)11-12-10/h2-4H,1H3. The summed E-state index contributed by atoms with van der Waals surface area (Å²) in [6.07, 6.45) is 0. The van der Waals surface area contributed by atoms with E-state index in [-0.39, 0.29) is 11.1 Å². The Bertz CT molecular complexity index is 576. The summed E-state index contributed by atoms with van der Waals surface area (Å²) in [4.78, 5) is 34.8. The number of azide groups is 1. The van der Waals surface area contributed by atoms with Gasteiger partial charge in [-0.1, -0.05) is 0 Å². The molecule has 1 aromatic carbocycles. The molecule has 0 radical (unpaired) electrons. The number of non-ortho nitro benzene ring substituents is 1. The molecule has 0 bridgehead atoms. The molecule has 0 fully saturated rings. The number of nitro benzene ring substituents is 1. The molecule has 0 aliphatic carbocycles. The molecule has 0 saturated carbocycles. The summed E-state index contributed by atoms with van der Waals surface area (Å²) in [5, 5.41) is 13.3. The lowest BCUT2D eigenvalue weighted by molar-refractivity contribution is -0.384. The van der Waals surface area contributed by atoms with Gasteiger partial charge in [-0.3, -0.25) is 14.9 Å². The molecule has 0 atom stereocenters. The number of amides is 1. The van der Waals surface area contributed by atoms with Crippen molar-refractivity contribution in [3.05, 3.63) is 49.9 Å². The molecule has 9 heteroatoms.